The van der Waals surface area contributed by atoms with Gasteiger partial charge in [-0.05, 0) is 17.9 Å². The van der Waals surface area contributed by atoms with Crippen molar-refractivity contribution in [2.75, 3.05) is 6.61 Å². The van der Waals surface area contributed by atoms with Gasteiger partial charge in [-0.25, -0.2) is 0 Å². The lowest BCUT2D eigenvalue weighted by Crippen LogP contribution is -2.10. The van der Waals surface area contributed by atoms with E-state index in [0.29, 0.717) is 12.5 Å². The number of carbonyl (C=O) groups is 1. The Labute approximate surface area is 96.6 Å². The lowest BCUT2D eigenvalue weighted by molar-refractivity contribution is -0.145. The Balaban J connectivity index is 2.17. The highest BCUT2D eigenvalue weighted by molar-refractivity contribution is 5.79. The van der Waals surface area contributed by atoms with Crippen LogP contribution in [0.15, 0.2) is 30.3 Å². The van der Waals surface area contributed by atoms with E-state index in [1.165, 1.54) is 5.56 Å². The van der Waals surface area contributed by atoms with Crippen LogP contribution in [-0.4, -0.2) is 12.6 Å². The van der Waals surface area contributed by atoms with Crippen molar-refractivity contribution in [3.8, 4) is 0 Å². The summed E-state index contributed by atoms with van der Waals surface area (Å²) in [5.41, 5.74) is 1.28. The smallest absolute Gasteiger partial charge is 0.310 e. The Morgan fingerprint density at radius 1 is 1.31 bits per heavy atom. The predicted molar refractivity (Wildman–Crippen MR) is 63.1 cm³/mol. The van der Waals surface area contributed by atoms with E-state index in [4.69, 9.17) is 4.74 Å². The van der Waals surface area contributed by atoms with Gasteiger partial charge in [-0.3, -0.25) is 4.79 Å². The number of ether oxygens (including phenoxy) is 1. The number of hydrogen-bond donors (Lipinski definition) is 0. The molecule has 0 aromatic heterocycles. The van der Waals surface area contributed by atoms with Crippen LogP contribution in [-0.2, 0) is 9.53 Å². The molecule has 86 valence electrons. The van der Waals surface area contributed by atoms with Crippen LogP contribution < -0.4 is 0 Å². The Kier molecular flexibility index (Phi) is 2.75. The lowest BCUT2D eigenvalue weighted by Gasteiger charge is -2.01. The van der Waals surface area contributed by atoms with Gasteiger partial charge >= 0.3 is 5.97 Å². The molecule has 1 saturated carbocycles. The Hall–Kier alpha value is -1.31. The molecule has 2 atom stereocenters. The summed E-state index contributed by atoms with van der Waals surface area (Å²) in [4.78, 5) is 11.8. The summed E-state index contributed by atoms with van der Waals surface area (Å²) < 4.78 is 5.11. The van der Waals surface area contributed by atoms with E-state index >= 15 is 0 Å². The first kappa shape index (κ1) is 11.2. The van der Waals surface area contributed by atoms with Crippen molar-refractivity contribution in [3.63, 3.8) is 0 Å². The zero-order chi connectivity index (χ0) is 11.8. The van der Waals surface area contributed by atoms with Gasteiger partial charge in [0.15, 0.2) is 0 Å². The van der Waals surface area contributed by atoms with Crippen molar-refractivity contribution in [2.24, 2.45) is 11.3 Å². The Morgan fingerprint density at radius 3 is 2.50 bits per heavy atom. The van der Waals surface area contributed by atoms with Gasteiger partial charge in [0.25, 0.3) is 0 Å². The molecule has 0 aliphatic heterocycles. The standard InChI is InChI=1S/C14H18O2/c1-4-16-13(15)12-11(14(12,2)3)10-8-6-5-7-9-10/h5-9,11-12H,4H2,1-3H3. The maximum Gasteiger partial charge on any atom is 0.310 e. The van der Waals surface area contributed by atoms with Gasteiger partial charge in [-0.15, -0.1) is 0 Å². The van der Waals surface area contributed by atoms with Gasteiger partial charge in [-0.1, -0.05) is 44.2 Å². The van der Waals surface area contributed by atoms with Crippen LogP contribution in [0.2, 0.25) is 0 Å². The quantitative estimate of drug-likeness (QED) is 0.729. The first-order valence-corrected chi connectivity index (χ1v) is 5.80. The van der Waals surface area contributed by atoms with E-state index in [1.54, 1.807) is 0 Å². The third-order valence-electron chi connectivity index (χ3n) is 3.53. The van der Waals surface area contributed by atoms with Crippen molar-refractivity contribution in [1.29, 1.82) is 0 Å². The van der Waals surface area contributed by atoms with Crippen LogP contribution in [0.3, 0.4) is 0 Å². The van der Waals surface area contributed by atoms with Gasteiger partial charge in [0.1, 0.15) is 0 Å². The highest BCUT2D eigenvalue weighted by atomic mass is 16.5. The predicted octanol–water partition coefficient (Wildman–Crippen LogP) is 2.99. The van der Waals surface area contributed by atoms with E-state index in [-0.39, 0.29) is 17.3 Å². The van der Waals surface area contributed by atoms with Crippen LogP contribution in [0, 0.1) is 11.3 Å². The highest BCUT2D eigenvalue weighted by Crippen LogP contribution is 2.64. The summed E-state index contributed by atoms with van der Waals surface area (Å²) in [6.45, 7) is 6.58. The SMILES string of the molecule is CCOC(=O)C1C(c2ccccc2)C1(C)C. The molecule has 0 N–H and O–H groups in total. The van der Waals surface area contributed by atoms with Crippen LogP contribution in [0.4, 0.5) is 0 Å². The molecule has 1 aliphatic carbocycles. The molecule has 0 spiro atoms. The molecule has 2 rings (SSSR count). The number of esters is 1. The second-order valence-corrected chi connectivity index (χ2v) is 4.94. The Morgan fingerprint density at radius 2 is 1.94 bits per heavy atom. The summed E-state index contributed by atoms with van der Waals surface area (Å²) >= 11 is 0. The molecule has 16 heavy (non-hydrogen) atoms. The molecule has 0 heterocycles. The minimum Gasteiger partial charge on any atom is -0.466 e. The van der Waals surface area contributed by atoms with Crippen molar-refractivity contribution < 1.29 is 9.53 Å². The van der Waals surface area contributed by atoms with Gasteiger partial charge in [0.2, 0.25) is 0 Å². The molecule has 0 bridgehead atoms. The molecule has 1 aromatic rings. The summed E-state index contributed by atoms with van der Waals surface area (Å²) in [5, 5.41) is 0. The van der Waals surface area contributed by atoms with Gasteiger partial charge in [-0.2, -0.15) is 0 Å². The Bertz CT molecular complexity index is 381. The maximum atomic E-state index is 11.8. The average molecular weight is 218 g/mol. The van der Waals surface area contributed by atoms with Crippen molar-refractivity contribution in [1.82, 2.24) is 0 Å². The monoisotopic (exact) mass is 218 g/mol. The second-order valence-electron chi connectivity index (χ2n) is 4.94. The minimum atomic E-state index is -0.0543. The van der Waals surface area contributed by atoms with Crippen LogP contribution in [0.25, 0.3) is 0 Å². The minimum absolute atomic E-state index is 0.0230. The molecule has 1 aromatic carbocycles. The molecule has 1 fully saturated rings. The summed E-state index contributed by atoms with van der Waals surface area (Å²) in [7, 11) is 0. The fourth-order valence-corrected chi connectivity index (χ4v) is 2.59. The molecule has 1 aliphatic rings. The van der Waals surface area contributed by atoms with Gasteiger partial charge < -0.3 is 4.74 Å². The maximum absolute atomic E-state index is 11.8. The summed E-state index contributed by atoms with van der Waals surface area (Å²) in [6.07, 6.45) is 0. The number of carbonyl (C=O) groups excluding carboxylic acids is 1. The molecule has 0 amide bonds. The van der Waals surface area contributed by atoms with Crippen molar-refractivity contribution >= 4 is 5.97 Å². The van der Waals surface area contributed by atoms with E-state index in [2.05, 4.69) is 26.0 Å². The molecular weight excluding hydrogens is 200 g/mol. The average Bonchev–Trinajstić information content (AvgIpc) is 2.83. The van der Waals surface area contributed by atoms with Crippen molar-refractivity contribution in [2.45, 2.75) is 26.7 Å². The van der Waals surface area contributed by atoms with Crippen LogP contribution >= 0.6 is 0 Å². The van der Waals surface area contributed by atoms with Gasteiger partial charge in [0, 0.05) is 5.92 Å². The van der Waals surface area contributed by atoms with Crippen LogP contribution in [0.5, 0.6) is 0 Å². The first-order valence-electron chi connectivity index (χ1n) is 5.80. The van der Waals surface area contributed by atoms with Crippen LogP contribution in [0.1, 0.15) is 32.3 Å². The number of rotatable bonds is 3. The van der Waals surface area contributed by atoms with E-state index < -0.39 is 0 Å². The third-order valence-corrected chi connectivity index (χ3v) is 3.53. The second kappa shape index (κ2) is 3.93. The lowest BCUT2D eigenvalue weighted by atomic mass is 10.0. The number of benzene rings is 1. The molecular formula is C14H18O2. The fraction of sp³-hybridized carbons (Fsp3) is 0.500. The zero-order valence-electron chi connectivity index (χ0n) is 10.1. The fourth-order valence-electron chi connectivity index (χ4n) is 2.59. The number of hydrogen-bond acceptors (Lipinski definition) is 2. The van der Waals surface area contributed by atoms with E-state index in [0.717, 1.165) is 0 Å². The molecule has 0 radical (unpaired) electrons. The molecule has 0 saturated heterocycles. The summed E-state index contributed by atoms with van der Waals surface area (Å²) in [6, 6.07) is 10.2. The van der Waals surface area contributed by atoms with Gasteiger partial charge in [0.05, 0.1) is 12.5 Å². The van der Waals surface area contributed by atoms with E-state index in [9.17, 15) is 4.79 Å². The van der Waals surface area contributed by atoms with Crippen molar-refractivity contribution in [3.05, 3.63) is 35.9 Å². The first-order chi connectivity index (χ1) is 7.59. The normalized spacial score (nSPS) is 26.2. The third kappa shape index (κ3) is 1.73. The largest absolute Gasteiger partial charge is 0.466 e. The van der Waals surface area contributed by atoms with E-state index in [1.807, 2.05) is 25.1 Å². The molecule has 2 unspecified atom stereocenters. The topological polar surface area (TPSA) is 26.3 Å². The zero-order valence-corrected chi connectivity index (χ0v) is 10.1. The molecule has 2 nitrogen and oxygen atoms in total. The highest BCUT2D eigenvalue weighted by Gasteiger charge is 2.63. The molecule has 2 heteroatoms. The summed E-state index contributed by atoms with van der Waals surface area (Å²) in [5.74, 6) is 0.281.